The first kappa shape index (κ1) is 10.8. The highest BCUT2D eigenvalue weighted by Gasteiger charge is 2.10. The number of aryl methyl sites for hydroxylation is 1. The van der Waals surface area contributed by atoms with E-state index in [1.54, 1.807) is 6.20 Å². The molecule has 2 N–H and O–H groups in total. The Labute approximate surface area is 105 Å². The fourth-order valence-electron chi connectivity index (χ4n) is 2.22. The highest BCUT2D eigenvalue weighted by Crippen LogP contribution is 2.22. The van der Waals surface area contributed by atoms with E-state index in [1.165, 1.54) is 5.56 Å². The van der Waals surface area contributed by atoms with Crippen molar-refractivity contribution in [2.45, 2.75) is 13.5 Å². The van der Waals surface area contributed by atoms with Crippen molar-refractivity contribution in [3.8, 4) is 0 Å². The van der Waals surface area contributed by atoms with Crippen LogP contribution in [0.25, 0.3) is 11.0 Å². The van der Waals surface area contributed by atoms with Gasteiger partial charge in [-0.25, -0.2) is 4.98 Å². The van der Waals surface area contributed by atoms with Crippen LogP contribution < -0.4 is 5.73 Å². The molecule has 18 heavy (non-hydrogen) atoms. The average Bonchev–Trinajstić information content (AvgIpc) is 2.69. The summed E-state index contributed by atoms with van der Waals surface area (Å²) in [6.07, 6.45) is 3.62. The zero-order chi connectivity index (χ0) is 12.5. The highest BCUT2D eigenvalue weighted by molar-refractivity contribution is 5.81. The van der Waals surface area contributed by atoms with Crippen molar-refractivity contribution in [2.75, 3.05) is 5.73 Å². The van der Waals surface area contributed by atoms with Crippen LogP contribution in [0.2, 0.25) is 0 Å². The number of nitrogen functional groups attached to an aromatic ring is 1. The van der Waals surface area contributed by atoms with Gasteiger partial charge < -0.3 is 10.3 Å². The van der Waals surface area contributed by atoms with Crippen LogP contribution in [0.5, 0.6) is 0 Å². The van der Waals surface area contributed by atoms with Gasteiger partial charge in [0.15, 0.2) is 0 Å². The van der Waals surface area contributed by atoms with Gasteiger partial charge >= 0.3 is 0 Å². The first-order valence-electron chi connectivity index (χ1n) is 5.86. The van der Waals surface area contributed by atoms with Crippen molar-refractivity contribution in [1.82, 2.24) is 14.5 Å². The first-order chi connectivity index (χ1) is 8.75. The molecule has 0 aliphatic rings. The summed E-state index contributed by atoms with van der Waals surface area (Å²) in [5.41, 5.74) is 10.3. The van der Waals surface area contributed by atoms with E-state index < -0.39 is 0 Å². The number of anilines is 1. The number of para-hydroxylation sites is 1. The van der Waals surface area contributed by atoms with Gasteiger partial charge in [0, 0.05) is 12.4 Å². The lowest BCUT2D eigenvalue weighted by atomic mass is 10.2. The molecular weight excluding hydrogens is 224 g/mol. The Morgan fingerprint density at radius 2 is 2.11 bits per heavy atom. The standard InChI is InChI=1S/C14H14N4/c1-10-4-2-6-12-13(10)18(14(15)17-12)9-11-5-3-7-16-8-11/h2-8H,9H2,1H3,(H2,15,17). The summed E-state index contributed by atoms with van der Waals surface area (Å²) in [5.74, 6) is 0.545. The van der Waals surface area contributed by atoms with E-state index in [1.807, 2.05) is 35.0 Å². The summed E-state index contributed by atoms with van der Waals surface area (Å²) in [4.78, 5) is 8.51. The molecule has 0 saturated heterocycles. The minimum atomic E-state index is 0.545. The number of nitrogens with two attached hydrogens (primary N) is 1. The summed E-state index contributed by atoms with van der Waals surface area (Å²) < 4.78 is 2.03. The van der Waals surface area contributed by atoms with Gasteiger partial charge in [0.25, 0.3) is 0 Å². The molecule has 0 atom stereocenters. The summed E-state index contributed by atoms with van der Waals surface area (Å²) in [6.45, 7) is 2.77. The summed E-state index contributed by atoms with van der Waals surface area (Å²) >= 11 is 0. The number of fused-ring (bicyclic) bond motifs is 1. The molecule has 0 fully saturated rings. The van der Waals surface area contributed by atoms with E-state index >= 15 is 0 Å². The van der Waals surface area contributed by atoms with Gasteiger partial charge in [-0.15, -0.1) is 0 Å². The summed E-state index contributed by atoms with van der Waals surface area (Å²) in [5, 5.41) is 0. The molecule has 0 saturated carbocycles. The molecule has 0 amide bonds. The zero-order valence-corrected chi connectivity index (χ0v) is 10.2. The minimum absolute atomic E-state index is 0.545. The van der Waals surface area contributed by atoms with Crippen LogP contribution in [0.3, 0.4) is 0 Å². The number of benzene rings is 1. The van der Waals surface area contributed by atoms with Crippen LogP contribution in [0.4, 0.5) is 5.95 Å². The van der Waals surface area contributed by atoms with Gasteiger partial charge in [-0.05, 0) is 30.2 Å². The van der Waals surface area contributed by atoms with Crippen molar-refractivity contribution in [3.05, 3.63) is 53.9 Å². The molecule has 1 aromatic carbocycles. The third-order valence-electron chi connectivity index (χ3n) is 3.06. The number of aromatic nitrogens is 3. The molecule has 4 nitrogen and oxygen atoms in total. The lowest BCUT2D eigenvalue weighted by Crippen LogP contribution is -2.05. The van der Waals surface area contributed by atoms with Crippen molar-refractivity contribution in [3.63, 3.8) is 0 Å². The molecule has 0 unspecified atom stereocenters. The van der Waals surface area contributed by atoms with Crippen molar-refractivity contribution >= 4 is 17.0 Å². The summed E-state index contributed by atoms with van der Waals surface area (Å²) in [7, 11) is 0. The minimum Gasteiger partial charge on any atom is -0.369 e. The molecule has 0 aliphatic heterocycles. The summed E-state index contributed by atoms with van der Waals surface area (Å²) in [6, 6.07) is 10.0. The molecule has 0 bridgehead atoms. The number of pyridine rings is 1. The molecule has 0 radical (unpaired) electrons. The average molecular weight is 238 g/mol. The Hall–Kier alpha value is -2.36. The van der Waals surface area contributed by atoms with Crippen LogP contribution in [0.1, 0.15) is 11.1 Å². The quantitative estimate of drug-likeness (QED) is 0.745. The highest BCUT2D eigenvalue weighted by atomic mass is 15.2. The third kappa shape index (κ3) is 1.72. The van der Waals surface area contributed by atoms with Crippen molar-refractivity contribution < 1.29 is 0 Å². The fourth-order valence-corrected chi connectivity index (χ4v) is 2.22. The predicted molar refractivity (Wildman–Crippen MR) is 72.2 cm³/mol. The second-order valence-corrected chi connectivity index (χ2v) is 4.36. The van der Waals surface area contributed by atoms with Gasteiger partial charge in [0.1, 0.15) is 0 Å². The number of rotatable bonds is 2. The van der Waals surface area contributed by atoms with E-state index in [2.05, 4.69) is 23.0 Å². The van der Waals surface area contributed by atoms with Crippen LogP contribution in [0, 0.1) is 6.92 Å². The topological polar surface area (TPSA) is 56.7 Å². The third-order valence-corrected chi connectivity index (χ3v) is 3.06. The Bertz CT molecular complexity index is 686. The van der Waals surface area contributed by atoms with E-state index in [0.29, 0.717) is 12.5 Å². The van der Waals surface area contributed by atoms with E-state index in [0.717, 1.165) is 16.6 Å². The number of hydrogen-bond acceptors (Lipinski definition) is 3. The molecule has 2 heterocycles. The van der Waals surface area contributed by atoms with E-state index in [9.17, 15) is 0 Å². The van der Waals surface area contributed by atoms with Gasteiger partial charge in [-0.1, -0.05) is 18.2 Å². The maximum Gasteiger partial charge on any atom is 0.201 e. The Kier molecular flexibility index (Phi) is 2.48. The monoisotopic (exact) mass is 238 g/mol. The molecule has 0 aliphatic carbocycles. The normalized spacial score (nSPS) is 10.9. The molecule has 2 aromatic heterocycles. The van der Waals surface area contributed by atoms with E-state index in [4.69, 9.17) is 5.73 Å². The number of nitrogens with zero attached hydrogens (tertiary/aromatic N) is 3. The van der Waals surface area contributed by atoms with E-state index in [-0.39, 0.29) is 0 Å². The second-order valence-electron chi connectivity index (χ2n) is 4.36. The van der Waals surface area contributed by atoms with Gasteiger partial charge in [-0.3, -0.25) is 4.98 Å². The first-order valence-corrected chi connectivity index (χ1v) is 5.86. The maximum atomic E-state index is 6.00. The van der Waals surface area contributed by atoms with Crippen LogP contribution >= 0.6 is 0 Å². The van der Waals surface area contributed by atoms with Gasteiger partial charge in [0.05, 0.1) is 17.6 Å². The number of imidazole rings is 1. The molecule has 0 spiro atoms. The van der Waals surface area contributed by atoms with Crippen molar-refractivity contribution in [2.24, 2.45) is 0 Å². The molecule has 3 aromatic rings. The zero-order valence-electron chi connectivity index (χ0n) is 10.2. The van der Waals surface area contributed by atoms with Crippen LogP contribution in [-0.2, 0) is 6.54 Å². The molecular formula is C14H14N4. The molecule has 3 rings (SSSR count). The fraction of sp³-hybridized carbons (Fsp3) is 0.143. The van der Waals surface area contributed by atoms with Crippen LogP contribution in [-0.4, -0.2) is 14.5 Å². The SMILES string of the molecule is Cc1cccc2nc(N)n(Cc3cccnc3)c12. The molecule has 4 heteroatoms. The Morgan fingerprint density at radius 3 is 2.89 bits per heavy atom. The smallest absolute Gasteiger partial charge is 0.201 e. The Balaban J connectivity index is 2.14. The Morgan fingerprint density at radius 1 is 1.22 bits per heavy atom. The largest absolute Gasteiger partial charge is 0.369 e. The lowest BCUT2D eigenvalue weighted by Gasteiger charge is -2.07. The number of hydrogen-bond donors (Lipinski definition) is 1. The van der Waals surface area contributed by atoms with Crippen molar-refractivity contribution in [1.29, 1.82) is 0 Å². The lowest BCUT2D eigenvalue weighted by molar-refractivity contribution is 0.831. The maximum absolute atomic E-state index is 6.00. The molecule has 90 valence electrons. The second kappa shape index (κ2) is 4.14. The van der Waals surface area contributed by atoms with Gasteiger partial charge in [0.2, 0.25) is 5.95 Å². The van der Waals surface area contributed by atoms with Gasteiger partial charge in [-0.2, -0.15) is 0 Å². The van der Waals surface area contributed by atoms with Crippen LogP contribution in [0.15, 0.2) is 42.7 Å². The predicted octanol–water partition coefficient (Wildman–Crippen LogP) is 2.37.